The molecular weight excluding hydrogens is 246 g/mol. The summed E-state index contributed by atoms with van der Waals surface area (Å²) in [7, 11) is 0. The van der Waals surface area contributed by atoms with Gasteiger partial charge in [-0.05, 0) is 63.6 Å². The molecule has 1 saturated carbocycles. The Balaban J connectivity index is 1.87. The maximum Gasteiger partial charge on any atom is 0.125 e. The van der Waals surface area contributed by atoms with E-state index in [1.165, 1.54) is 42.4 Å². The molecule has 0 aliphatic heterocycles. The molecule has 2 atom stereocenters. The average Bonchev–Trinajstić information content (AvgIpc) is 2.80. The molecule has 2 heteroatoms. The molecule has 2 nitrogen and oxygen atoms in total. The topological polar surface area (TPSA) is 21.3 Å². The highest BCUT2D eigenvalue weighted by atomic mass is 16.5. The Morgan fingerprint density at radius 2 is 1.85 bits per heavy atom. The smallest absolute Gasteiger partial charge is 0.125 e. The Morgan fingerprint density at radius 3 is 2.50 bits per heavy atom. The van der Waals surface area contributed by atoms with E-state index < -0.39 is 0 Å². The van der Waals surface area contributed by atoms with Crippen LogP contribution >= 0.6 is 0 Å². The predicted octanol–water partition coefficient (Wildman–Crippen LogP) is 4.16. The highest BCUT2D eigenvalue weighted by Crippen LogP contribution is 2.30. The van der Waals surface area contributed by atoms with Gasteiger partial charge in [-0.25, -0.2) is 0 Å². The van der Waals surface area contributed by atoms with Crippen LogP contribution in [0.25, 0.3) is 0 Å². The van der Waals surface area contributed by atoms with Crippen LogP contribution in [0, 0.1) is 26.7 Å². The Hall–Kier alpha value is -1.02. The van der Waals surface area contributed by atoms with Crippen LogP contribution in [0.3, 0.4) is 0 Å². The second kappa shape index (κ2) is 7.12. The molecule has 0 spiro atoms. The van der Waals surface area contributed by atoms with Gasteiger partial charge in [-0.1, -0.05) is 31.0 Å². The summed E-state index contributed by atoms with van der Waals surface area (Å²) >= 11 is 0. The molecule has 1 aliphatic carbocycles. The third-order valence-electron chi connectivity index (χ3n) is 4.47. The van der Waals surface area contributed by atoms with E-state index in [0.29, 0.717) is 6.04 Å². The Morgan fingerprint density at radius 1 is 1.15 bits per heavy atom. The van der Waals surface area contributed by atoms with Gasteiger partial charge in [-0.15, -0.1) is 0 Å². The summed E-state index contributed by atoms with van der Waals surface area (Å²) in [4.78, 5) is 0. The van der Waals surface area contributed by atoms with Crippen molar-refractivity contribution in [3.05, 3.63) is 28.8 Å². The SMILES string of the molecule is CCNC1CCCC1CCOc1c(C)cc(C)cc1C. The van der Waals surface area contributed by atoms with E-state index in [1.54, 1.807) is 0 Å². The largest absolute Gasteiger partial charge is 0.493 e. The fourth-order valence-corrected chi connectivity index (χ4v) is 3.62. The van der Waals surface area contributed by atoms with Gasteiger partial charge in [0, 0.05) is 6.04 Å². The molecule has 0 saturated heterocycles. The molecule has 0 heterocycles. The van der Waals surface area contributed by atoms with Gasteiger partial charge in [0.15, 0.2) is 0 Å². The third kappa shape index (κ3) is 3.76. The molecule has 0 amide bonds. The van der Waals surface area contributed by atoms with Gasteiger partial charge in [0.05, 0.1) is 6.61 Å². The molecule has 1 aromatic carbocycles. The number of hydrogen-bond donors (Lipinski definition) is 1. The fourth-order valence-electron chi connectivity index (χ4n) is 3.62. The summed E-state index contributed by atoms with van der Waals surface area (Å²) < 4.78 is 6.08. The second-order valence-corrected chi connectivity index (χ2v) is 6.22. The summed E-state index contributed by atoms with van der Waals surface area (Å²) in [6, 6.07) is 5.13. The molecule has 20 heavy (non-hydrogen) atoms. The van der Waals surface area contributed by atoms with E-state index >= 15 is 0 Å². The van der Waals surface area contributed by atoms with Crippen LogP contribution in [0.15, 0.2) is 12.1 Å². The van der Waals surface area contributed by atoms with Crippen molar-refractivity contribution in [3.63, 3.8) is 0 Å². The van der Waals surface area contributed by atoms with E-state index in [0.717, 1.165) is 24.8 Å². The lowest BCUT2D eigenvalue weighted by Gasteiger charge is -2.21. The van der Waals surface area contributed by atoms with Crippen LogP contribution < -0.4 is 10.1 Å². The molecule has 0 aromatic heterocycles. The van der Waals surface area contributed by atoms with Crippen LogP contribution in [0.4, 0.5) is 0 Å². The number of aryl methyl sites for hydroxylation is 3. The van der Waals surface area contributed by atoms with Gasteiger partial charge in [0.25, 0.3) is 0 Å². The second-order valence-electron chi connectivity index (χ2n) is 6.22. The average molecular weight is 275 g/mol. The first-order valence-corrected chi connectivity index (χ1v) is 8.05. The Bertz CT molecular complexity index is 418. The summed E-state index contributed by atoms with van der Waals surface area (Å²) in [5.41, 5.74) is 3.84. The van der Waals surface area contributed by atoms with Crippen molar-refractivity contribution in [1.82, 2.24) is 5.32 Å². The standard InChI is InChI=1S/C18H29NO/c1-5-19-17-8-6-7-16(17)9-10-20-18-14(3)11-13(2)12-15(18)4/h11-12,16-17,19H,5-10H2,1-4H3. The van der Waals surface area contributed by atoms with E-state index in [2.05, 4.69) is 45.1 Å². The summed E-state index contributed by atoms with van der Waals surface area (Å²) in [5.74, 6) is 1.88. The zero-order valence-electron chi connectivity index (χ0n) is 13.5. The molecule has 0 bridgehead atoms. The molecule has 2 unspecified atom stereocenters. The molecule has 1 fully saturated rings. The lowest BCUT2D eigenvalue weighted by molar-refractivity contribution is 0.258. The zero-order valence-corrected chi connectivity index (χ0v) is 13.5. The predicted molar refractivity (Wildman–Crippen MR) is 85.6 cm³/mol. The minimum atomic E-state index is 0.712. The molecule has 1 aliphatic rings. The van der Waals surface area contributed by atoms with Crippen LogP contribution in [0.1, 0.15) is 49.3 Å². The van der Waals surface area contributed by atoms with Gasteiger partial charge in [-0.2, -0.15) is 0 Å². The minimum Gasteiger partial charge on any atom is -0.493 e. The Kier molecular flexibility index (Phi) is 5.47. The molecular formula is C18H29NO. The summed E-state index contributed by atoms with van der Waals surface area (Å²) in [5, 5.41) is 3.62. The summed E-state index contributed by atoms with van der Waals surface area (Å²) in [6.45, 7) is 10.6. The van der Waals surface area contributed by atoms with Crippen molar-refractivity contribution in [2.45, 2.75) is 59.4 Å². The van der Waals surface area contributed by atoms with Crippen LogP contribution in [0.2, 0.25) is 0 Å². The van der Waals surface area contributed by atoms with Gasteiger partial charge in [0.1, 0.15) is 5.75 Å². The van der Waals surface area contributed by atoms with Crippen molar-refractivity contribution >= 4 is 0 Å². The van der Waals surface area contributed by atoms with E-state index in [-0.39, 0.29) is 0 Å². The Labute approximate surface area is 123 Å². The monoisotopic (exact) mass is 275 g/mol. The maximum atomic E-state index is 6.08. The lowest BCUT2D eigenvalue weighted by atomic mass is 10.00. The number of benzene rings is 1. The number of hydrogen-bond acceptors (Lipinski definition) is 2. The van der Waals surface area contributed by atoms with Gasteiger partial charge >= 0.3 is 0 Å². The molecule has 2 rings (SSSR count). The fraction of sp³-hybridized carbons (Fsp3) is 0.667. The van der Waals surface area contributed by atoms with Crippen LogP contribution in [-0.2, 0) is 0 Å². The van der Waals surface area contributed by atoms with E-state index in [1.807, 2.05) is 0 Å². The van der Waals surface area contributed by atoms with E-state index in [4.69, 9.17) is 4.74 Å². The van der Waals surface area contributed by atoms with E-state index in [9.17, 15) is 0 Å². The van der Waals surface area contributed by atoms with Crippen molar-refractivity contribution in [3.8, 4) is 5.75 Å². The highest BCUT2D eigenvalue weighted by Gasteiger charge is 2.26. The number of rotatable bonds is 6. The van der Waals surface area contributed by atoms with Crippen molar-refractivity contribution in [1.29, 1.82) is 0 Å². The third-order valence-corrected chi connectivity index (χ3v) is 4.47. The first-order valence-electron chi connectivity index (χ1n) is 8.05. The minimum absolute atomic E-state index is 0.712. The normalized spacial score (nSPS) is 22.2. The number of ether oxygens (including phenoxy) is 1. The van der Waals surface area contributed by atoms with Gasteiger partial charge in [-0.3, -0.25) is 0 Å². The zero-order chi connectivity index (χ0) is 14.5. The molecule has 1 aromatic rings. The van der Waals surface area contributed by atoms with Crippen molar-refractivity contribution in [2.24, 2.45) is 5.92 Å². The quantitative estimate of drug-likeness (QED) is 0.841. The first-order chi connectivity index (χ1) is 9.61. The van der Waals surface area contributed by atoms with Gasteiger partial charge < -0.3 is 10.1 Å². The van der Waals surface area contributed by atoms with Gasteiger partial charge in [0.2, 0.25) is 0 Å². The molecule has 112 valence electrons. The van der Waals surface area contributed by atoms with Crippen molar-refractivity contribution in [2.75, 3.05) is 13.2 Å². The van der Waals surface area contributed by atoms with Crippen LogP contribution in [-0.4, -0.2) is 19.2 Å². The van der Waals surface area contributed by atoms with Crippen LogP contribution in [0.5, 0.6) is 5.75 Å². The van der Waals surface area contributed by atoms with Crippen molar-refractivity contribution < 1.29 is 4.74 Å². The first kappa shape index (κ1) is 15.4. The maximum absolute atomic E-state index is 6.08. The number of nitrogens with one attached hydrogen (secondary N) is 1. The highest BCUT2D eigenvalue weighted by molar-refractivity contribution is 5.42. The molecule has 1 N–H and O–H groups in total. The lowest BCUT2D eigenvalue weighted by Crippen LogP contribution is -2.32. The summed E-state index contributed by atoms with van der Waals surface area (Å²) in [6.07, 6.45) is 5.23. The molecule has 0 radical (unpaired) electrons.